The van der Waals surface area contributed by atoms with Crippen molar-refractivity contribution < 1.29 is 18.7 Å². The Balaban J connectivity index is 2.17. The van der Waals surface area contributed by atoms with Crippen LogP contribution in [0.5, 0.6) is 0 Å². The van der Waals surface area contributed by atoms with Gasteiger partial charge in [0.15, 0.2) is 11.1 Å². The quantitative estimate of drug-likeness (QED) is 0.273. The molecule has 1 unspecified atom stereocenters. The number of pyridine rings is 1. The first-order chi connectivity index (χ1) is 14.4. The summed E-state index contributed by atoms with van der Waals surface area (Å²) >= 11 is 4.23. The van der Waals surface area contributed by atoms with Crippen LogP contribution in [0.3, 0.4) is 0 Å². The van der Waals surface area contributed by atoms with Gasteiger partial charge < -0.3 is 9.66 Å². The average molecular weight is 450 g/mol. The lowest BCUT2D eigenvalue weighted by Crippen LogP contribution is -2.12. The molecule has 3 heterocycles. The van der Waals surface area contributed by atoms with Crippen LogP contribution in [0.15, 0.2) is 30.5 Å². The molecule has 0 radical (unpaired) electrons. The van der Waals surface area contributed by atoms with Gasteiger partial charge in [0.2, 0.25) is 0 Å². The van der Waals surface area contributed by atoms with Crippen molar-refractivity contribution in [1.29, 1.82) is 0 Å². The summed E-state index contributed by atoms with van der Waals surface area (Å²) < 4.78 is 22.6. The molecule has 30 heavy (non-hydrogen) atoms. The SMILES string of the molecule is CCc1ccc2c(-c3ccnc(Cl)c3)c(CCCCC(=O)O)c(CCS(=O)O)nn12. The highest BCUT2D eigenvalue weighted by atomic mass is 35.5. The second-order valence-electron chi connectivity index (χ2n) is 7.02. The summed E-state index contributed by atoms with van der Waals surface area (Å²) in [7, 11) is 0. The van der Waals surface area contributed by atoms with Gasteiger partial charge in [-0.15, -0.1) is 0 Å². The van der Waals surface area contributed by atoms with Crippen LogP contribution in [-0.2, 0) is 35.1 Å². The number of fused-ring (bicyclic) bond motifs is 1. The summed E-state index contributed by atoms with van der Waals surface area (Å²) in [6.07, 6.45) is 4.73. The number of aromatic nitrogens is 3. The van der Waals surface area contributed by atoms with Gasteiger partial charge in [-0.1, -0.05) is 18.5 Å². The number of hydrogen-bond donors (Lipinski definition) is 2. The molecule has 0 aromatic carbocycles. The molecule has 0 bridgehead atoms. The monoisotopic (exact) mass is 449 g/mol. The van der Waals surface area contributed by atoms with Gasteiger partial charge in [-0.3, -0.25) is 4.79 Å². The zero-order valence-electron chi connectivity index (χ0n) is 16.7. The summed E-state index contributed by atoms with van der Waals surface area (Å²) in [6.45, 7) is 2.05. The lowest BCUT2D eigenvalue weighted by atomic mass is 9.94. The number of carboxylic acid groups (broad SMARTS) is 1. The Kier molecular flexibility index (Phi) is 7.58. The molecule has 0 aliphatic carbocycles. The number of rotatable bonds is 10. The number of carboxylic acids is 1. The molecule has 0 saturated carbocycles. The Morgan fingerprint density at radius 3 is 2.70 bits per heavy atom. The second-order valence-corrected chi connectivity index (χ2v) is 8.46. The molecule has 9 heteroatoms. The molecule has 0 spiro atoms. The first-order valence-corrected chi connectivity index (χ1v) is 11.5. The Bertz CT molecular complexity index is 1080. The lowest BCUT2D eigenvalue weighted by Gasteiger charge is -2.17. The predicted molar refractivity (Wildman–Crippen MR) is 117 cm³/mol. The molecule has 3 aromatic rings. The third-order valence-corrected chi connectivity index (χ3v) is 5.78. The van der Waals surface area contributed by atoms with Gasteiger partial charge in [-0.05, 0) is 61.1 Å². The first kappa shape index (κ1) is 22.4. The molecule has 2 N–H and O–H groups in total. The van der Waals surface area contributed by atoms with E-state index in [9.17, 15) is 13.6 Å². The minimum atomic E-state index is -1.93. The maximum absolute atomic E-state index is 11.3. The molecule has 160 valence electrons. The molecule has 0 saturated heterocycles. The number of nitrogens with zero attached hydrogens (tertiary/aromatic N) is 3. The third-order valence-electron chi connectivity index (χ3n) is 5.02. The molecule has 0 aliphatic rings. The Morgan fingerprint density at radius 1 is 1.23 bits per heavy atom. The van der Waals surface area contributed by atoms with E-state index in [1.165, 1.54) is 0 Å². The molecule has 3 aromatic heterocycles. The standard InChI is InChI=1S/C21H24ClN3O4S/c1-2-15-7-8-18-21(14-9-11-23-19(22)13-14)16(5-3-4-6-20(26)27)17(24-25(15)18)10-12-30(28)29/h7-9,11,13H,2-6,10,12H2,1H3,(H,26,27)(H,28,29). The summed E-state index contributed by atoms with van der Waals surface area (Å²) in [5.74, 6) is -0.736. The molecular weight excluding hydrogens is 426 g/mol. The van der Waals surface area contributed by atoms with Crippen molar-refractivity contribution in [3.8, 4) is 11.1 Å². The van der Waals surface area contributed by atoms with E-state index in [0.717, 1.165) is 40.0 Å². The van der Waals surface area contributed by atoms with Crippen molar-refractivity contribution in [1.82, 2.24) is 14.6 Å². The number of carbonyl (C=O) groups is 1. The highest BCUT2D eigenvalue weighted by molar-refractivity contribution is 7.79. The summed E-state index contributed by atoms with van der Waals surface area (Å²) in [5.41, 5.74) is 5.52. The fourth-order valence-corrected chi connectivity index (χ4v) is 4.18. The fourth-order valence-electron chi connectivity index (χ4n) is 3.64. The summed E-state index contributed by atoms with van der Waals surface area (Å²) in [6, 6.07) is 7.72. The van der Waals surface area contributed by atoms with E-state index in [1.807, 2.05) is 22.7 Å². The van der Waals surface area contributed by atoms with E-state index in [0.29, 0.717) is 30.8 Å². The van der Waals surface area contributed by atoms with Crippen molar-refractivity contribution in [2.45, 2.75) is 45.4 Å². The van der Waals surface area contributed by atoms with Crippen LogP contribution in [0, 0.1) is 0 Å². The molecule has 7 nitrogen and oxygen atoms in total. The molecule has 1 atom stereocenters. The van der Waals surface area contributed by atoms with Gasteiger partial charge in [0.25, 0.3) is 0 Å². The Hall–Kier alpha value is -2.29. The molecule has 0 amide bonds. The third kappa shape index (κ3) is 5.24. The fraction of sp³-hybridized carbons (Fsp3) is 0.381. The number of aryl methyl sites for hydroxylation is 2. The highest BCUT2D eigenvalue weighted by Crippen LogP contribution is 2.33. The van der Waals surface area contributed by atoms with Crippen LogP contribution in [0.4, 0.5) is 0 Å². The van der Waals surface area contributed by atoms with E-state index in [-0.39, 0.29) is 12.2 Å². The summed E-state index contributed by atoms with van der Waals surface area (Å²) in [4.78, 5) is 15.0. The molecule has 0 fully saturated rings. The van der Waals surface area contributed by atoms with Crippen LogP contribution in [0.25, 0.3) is 16.6 Å². The maximum atomic E-state index is 11.3. The van der Waals surface area contributed by atoms with Gasteiger partial charge >= 0.3 is 5.97 Å². The van der Waals surface area contributed by atoms with Crippen molar-refractivity contribution in [3.05, 3.63) is 52.6 Å². The minimum absolute atomic E-state index is 0.0832. The van der Waals surface area contributed by atoms with Crippen molar-refractivity contribution in [2.75, 3.05) is 5.75 Å². The van der Waals surface area contributed by atoms with Gasteiger partial charge in [-0.2, -0.15) is 5.10 Å². The Morgan fingerprint density at radius 2 is 2.03 bits per heavy atom. The molecule has 3 rings (SSSR count). The van der Waals surface area contributed by atoms with Gasteiger partial charge in [-0.25, -0.2) is 13.7 Å². The van der Waals surface area contributed by atoms with Crippen LogP contribution < -0.4 is 0 Å². The topological polar surface area (TPSA) is 105 Å². The Labute approximate surface area is 182 Å². The van der Waals surface area contributed by atoms with Gasteiger partial charge in [0.1, 0.15) is 5.15 Å². The molecule has 0 aliphatic heterocycles. The number of unbranched alkanes of at least 4 members (excludes halogenated alkanes) is 1. The second kappa shape index (κ2) is 10.1. The van der Waals surface area contributed by atoms with E-state index < -0.39 is 17.0 Å². The summed E-state index contributed by atoms with van der Waals surface area (Å²) in [5, 5.41) is 14.1. The zero-order valence-corrected chi connectivity index (χ0v) is 18.2. The van der Waals surface area contributed by atoms with Crippen LogP contribution in [-0.4, -0.2) is 40.2 Å². The van der Waals surface area contributed by atoms with Gasteiger partial charge in [0, 0.05) is 30.3 Å². The zero-order chi connectivity index (χ0) is 21.7. The largest absolute Gasteiger partial charge is 0.481 e. The number of aliphatic carboxylic acids is 1. The van der Waals surface area contributed by atoms with E-state index in [1.54, 1.807) is 12.3 Å². The normalized spacial score (nSPS) is 12.4. The van der Waals surface area contributed by atoms with Crippen molar-refractivity contribution >= 4 is 34.2 Å². The highest BCUT2D eigenvalue weighted by Gasteiger charge is 2.19. The first-order valence-electron chi connectivity index (χ1n) is 9.84. The average Bonchev–Trinajstić information content (AvgIpc) is 3.11. The van der Waals surface area contributed by atoms with Crippen LogP contribution in [0.2, 0.25) is 5.15 Å². The van der Waals surface area contributed by atoms with E-state index in [4.69, 9.17) is 21.8 Å². The van der Waals surface area contributed by atoms with Crippen molar-refractivity contribution in [2.24, 2.45) is 0 Å². The van der Waals surface area contributed by atoms with Crippen molar-refractivity contribution in [3.63, 3.8) is 0 Å². The smallest absolute Gasteiger partial charge is 0.303 e. The van der Waals surface area contributed by atoms with Crippen LogP contribution in [0.1, 0.15) is 43.1 Å². The molecular formula is C21H24ClN3O4S. The van der Waals surface area contributed by atoms with E-state index >= 15 is 0 Å². The number of hydrogen-bond acceptors (Lipinski definition) is 4. The minimum Gasteiger partial charge on any atom is -0.481 e. The van der Waals surface area contributed by atoms with Crippen LogP contribution >= 0.6 is 11.6 Å². The maximum Gasteiger partial charge on any atom is 0.303 e. The van der Waals surface area contributed by atoms with Gasteiger partial charge in [0.05, 0.1) is 17.0 Å². The predicted octanol–water partition coefficient (Wildman–Crippen LogP) is 4.17. The number of halogens is 1. The lowest BCUT2D eigenvalue weighted by molar-refractivity contribution is -0.137. The van der Waals surface area contributed by atoms with E-state index in [2.05, 4.69) is 11.9 Å².